The van der Waals surface area contributed by atoms with E-state index < -0.39 is 24.3 Å². The van der Waals surface area contributed by atoms with Crippen LogP contribution in [0.5, 0.6) is 0 Å². The van der Waals surface area contributed by atoms with E-state index in [1.54, 1.807) is 12.2 Å². The van der Waals surface area contributed by atoms with Gasteiger partial charge in [-0.25, -0.2) is 4.39 Å². The molecular weight excluding hydrogens is 407 g/mol. The molecule has 4 nitrogen and oxygen atoms in total. The van der Waals surface area contributed by atoms with Crippen molar-refractivity contribution in [3.63, 3.8) is 0 Å². The topological polar surface area (TPSA) is 66.8 Å². The molecule has 1 saturated carbocycles. The second-order valence-electron chi connectivity index (χ2n) is 9.51. The van der Waals surface area contributed by atoms with Crippen molar-refractivity contribution in [3.05, 3.63) is 59.7 Å². The molecule has 0 aromatic heterocycles. The van der Waals surface area contributed by atoms with E-state index in [1.807, 2.05) is 38.1 Å². The zero-order valence-electron chi connectivity index (χ0n) is 19.2. The van der Waals surface area contributed by atoms with Crippen molar-refractivity contribution in [2.75, 3.05) is 0 Å². The highest BCUT2D eigenvalue weighted by molar-refractivity contribution is 5.69. The third kappa shape index (κ3) is 6.76. The highest BCUT2D eigenvalue weighted by Gasteiger charge is 2.40. The number of ether oxygens (including phenoxy) is 1. The van der Waals surface area contributed by atoms with Gasteiger partial charge in [0.1, 0.15) is 6.17 Å². The molecule has 1 aromatic carbocycles. The minimum absolute atomic E-state index is 0.0944. The van der Waals surface area contributed by atoms with Crippen molar-refractivity contribution < 1.29 is 24.1 Å². The van der Waals surface area contributed by atoms with Crippen LogP contribution in [0.2, 0.25) is 0 Å². The smallest absolute Gasteiger partial charge is 0.306 e. The van der Waals surface area contributed by atoms with Gasteiger partial charge in [0.05, 0.1) is 18.3 Å². The van der Waals surface area contributed by atoms with Gasteiger partial charge in [-0.1, -0.05) is 48.6 Å². The number of aliphatic hydroxyl groups excluding tert-OH is 2. The van der Waals surface area contributed by atoms with Gasteiger partial charge >= 0.3 is 5.97 Å². The highest BCUT2D eigenvalue weighted by Crippen LogP contribution is 2.38. The summed E-state index contributed by atoms with van der Waals surface area (Å²) in [5, 5.41) is 21.0. The van der Waals surface area contributed by atoms with Gasteiger partial charge in [0.15, 0.2) is 0 Å². The number of allylic oxidation sites excluding steroid dienone is 3. The summed E-state index contributed by atoms with van der Waals surface area (Å²) in [6, 6.07) is 8.25. The minimum Gasteiger partial charge on any atom is -0.463 e. The average molecular weight is 445 g/mol. The van der Waals surface area contributed by atoms with Crippen molar-refractivity contribution in [3.8, 4) is 0 Å². The van der Waals surface area contributed by atoms with Crippen LogP contribution >= 0.6 is 0 Å². The Morgan fingerprint density at radius 1 is 1.22 bits per heavy atom. The zero-order chi connectivity index (χ0) is 23.1. The molecule has 3 rings (SSSR count). The van der Waals surface area contributed by atoms with E-state index >= 15 is 0 Å². The minimum atomic E-state index is -1.10. The first-order chi connectivity index (χ1) is 15.3. The Bertz CT molecular complexity index is 778. The second kappa shape index (κ2) is 11.8. The maximum absolute atomic E-state index is 14.6. The van der Waals surface area contributed by atoms with Gasteiger partial charge in [0.2, 0.25) is 0 Å². The molecule has 176 valence electrons. The molecule has 0 spiro atoms. The standard InChI is InChI=1S/C27H37FO4/c1-18(2)32-27(31)12-6-4-3-5-11-23-22(24(28)17-26(23)30)13-14-25(29)21-15-19-9-7-8-10-20(19)16-21/h3,5,7-10,13-14,18,21-26,29-30H,4,6,11-12,15-17H2,1-2H3/b5-3+,14-13?/t22-,23-,24+,25-,26+/m1/s1. The van der Waals surface area contributed by atoms with Gasteiger partial charge in [-0.2, -0.15) is 0 Å². The van der Waals surface area contributed by atoms with Crippen LogP contribution in [0.25, 0.3) is 0 Å². The molecule has 0 unspecified atom stereocenters. The van der Waals surface area contributed by atoms with Gasteiger partial charge in [-0.3, -0.25) is 4.79 Å². The van der Waals surface area contributed by atoms with Crippen LogP contribution in [0, 0.1) is 17.8 Å². The Hall–Kier alpha value is -1.98. The predicted octanol–water partition coefficient (Wildman–Crippen LogP) is 4.72. The van der Waals surface area contributed by atoms with Gasteiger partial charge in [-0.05, 0) is 68.9 Å². The Kier molecular flexibility index (Phi) is 9.06. The SMILES string of the molecule is CC(C)OC(=O)CCC/C=C/C[C@@H]1[C@@H](C=C[C@@H](O)C2Cc3ccccc3C2)[C@@H](F)C[C@@H]1O. The molecular formula is C27H37FO4. The van der Waals surface area contributed by atoms with Crippen LogP contribution in [0.3, 0.4) is 0 Å². The molecule has 2 aliphatic rings. The molecule has 1 fully saturated rings. The van der Waals surface area contributed by atoms with Crippen LogP contribution in [0.4, 0.5) is 4.39 Å². The zero-order valence-corrected chi connectivity index (χ0v) is 19.2. The summed E-state index contributed by atoms with van der Waals surface area (Å²) in [6.45, 7) is 3.67. The summed E-state index contributed by atoms with van der Waals surface area (Å²) in [5.41, 5.74) is 2.56. The van der Waals surface area contributed by atoms with E-state index in [2.05, 4.69) is 12.1 Å². The number of halogens is 1. The van der Waals surface area contributed by atoms with Crippen LogP contribution < -0.4 is 0 Å². The lowest BCUT2D eigenvalue weighted by Crippen LogP contribution is -2.21. The second-order valence-corrected chi connectivity index (χ2v) is 9.51. The molecule has 2 N–H and O–H groups in total. The van der Waals surface area contributed by atoms with Crippen molar-refractivity contribution in [2.24, 2.45) is 17.8 Å². The van der Waals surface area contributed by atoms with Gasteiger partial charge in [-0.15, -0.1) is 0 Å². The number of rotatable bonds is 10. The molecule has 32 heavy (non-hydrogen) atoms. The van der Waals surface area contributed by atoms with E-state index in [0.717, 1.165) is 19.3 Å². The normalized spacial score (nSPS) is 26.9. The summed E-state index contributed by atoms with van der Waals surface area (Å²) in [6.07, 6.45) is 9.24. The molecule has 1 aromatic rings. The number of alkyl halides is 1. The number of unbranched alkanes of at least 4 members (excludes halogenated alkanes) is 1. The lowest BCUT2D eigenvalue weighted by Gasteiger charge is -2.20. The lowest BCUT2D eigenvalue weighted by atomic mass is 9.89. The van der Waals surface area contributed by atoms with Crippen molar-refractivity contribution in [2.45, 2.75) is 83.3 Å². The molecule has 0 heterocycles. The molecule has 0 saturated heterocycles. The maximum Gasteiger partial charge on any atom is 0.306 e. The summed E-state index contributed by atoms with van der Waals surface area (Å²) >= 11 is 0. The fourth-order valence-corrected chi connectivity index (χ4v) is 4.96. The summed E-state index contributed by atoms with van der Waals surface area (Å²) in [7, 11) is 0. The van der Waals surface area contributed by atoms with Gasteiger partial charge in [0.25, 0.3) is 0 Å². The molecule has 0 bridgehead atoms. The van der Waals surface area contributed by atoms with Crippen molar-refractivity contribution in [1.29, 1.82) is 0 Å². The number of esters is 1. The predicted molar refractivity (Wildman–Crippen MR) is 124 cm³/mol. The van der Waals surface area contributed by atoms with Crippen molar-refractivity contribution in [1.82, 2.24) is 0 Å². The Morgan fingerprint density at radius 2 is 1.91 bits per heavy atom. The molecule has 2 aliphatic carbocycles. The Balaban J connectivity index is 1.47. The van der Waals surface area contributed by atoms with Crippen LogP contribution in [0.15, 0.2) is 48.6 Å². The van der Waals surface area contributed by atoms with E-state index in [9.17, 15) is 19.4 Å². The largest absolute Gasteiger partial charge is 0.463 e. The number of aliphatic hydroxyl groups is 2. The fraction of sp³-hybridized carbons (Fsp3) is 0.593. The molecule has 0 aliphatic heterocycles. The number of carbonyl (C=O) groups excluding carboxylic acids is 1. The fourth-order valence-electron chi connectivity index (χ4n) is 4.96. The molecule has 0 radical (unpaired) electrons. The quantitative estimate of drug-likeness (QED) is 0.311. The van der Waals surface area contributed by atoms with E-state index in [0.29, 0.717) is 19.3 Å². The van der Waals surface area contributed by atoms with E-state index in [1.165, 1.54) is 11.1 Å². The average Bonchev–Trinajstić information content (AvgIpc) is 3.29. The maximum atomic E-state index is 14.6. The first kappa shape index (κ1) is 24.7. The third-order valence-electron chi connectivity index (χ3n) is 6.66. The highest BCUT2D eigenvalue weighted by atomic mass is 19.1. The number of carbonyl (C=O) groups is 1. The molecule has 0 amide bonds. The Morgan fingerprint density at radius 3 is 2.56 bits per heavy atom. The van der Waals surface area contributed by atoms with E-state index in [-0.39, 0.29) is 30.3 Å². The lowest BCUT2D eigenvalue weighted by molar-refractivity contribution is -0.147. The third-order valence-corrected chi connectivity index (χ3v) is 6.66. The summed E-state index contributed by atoms with van der Waals surface area (Å²) in [5.74, 6) is -0.659. The first-order valence-corrected chi connectivity index (χ1v) is 11.9. The Labute approximate surface area is 191 Å². The number of fused-ring (bicyclic) bond motifs is 1. The van der Waals surface area contributed by atoms with Crippen LogP contribution in [-0.4, -0.2) is 40.7 Å². The number of benzene rings is 1. The number of hydrogen-bond donors (Lipinski definition) is 2. The van der Waals surface area contributed by atoms with Gasteiger partial charge < -0.3 is 14.9 Å². The molecule has 5 heteroatoms. The summed E-state index contributed by atoms with van der Waals surface area (Å²) in [4.78, 5) is 11.6. The molecule has 5 atom stereocenters. The van der Waals surface area contributed by atoms with Crippen molar-refractivity contribution >= 4 is 5.97 Å². The van der Waals surface area contributed by atoms with Crippen LogP contribution in [-0.2, 0) is 22.4 Å². The van der Waals surface area contributed by atoms with Crippen LogP contribution in [0.1, 0.15) is 57.1 Å². The van der Waals surface area contributed by atoms with E-state index in [4.69, 9.17) is 4.74 Å². The first-order valence-electron chi connectivity index (χ1n) is 11.9. The summed E-state index contributed by atoms with van der Waals surface area (Å²) < 4.78 is 19.7. The van der Waals surface area contributed by atoms with Gasteiger partial charge in [0, 0.05) is 18.8 Å². The number of hydrogen-bond acceptors (Lipinski definition) is 4. The monoisotopic (exact) mass is 444 g/mol.